The van der Waals surface area contributed by atoms with E-state index in [9.17, 15) is 13.2 Å². The molecule has 12 heavy (non-hydrogen) atoms. The molecule has 0 atom stereocenters. The largest absolute Gasteiger partial charge is 0.432 e. The Labute approximate surface area is 68.6 Å². The zero-order chi connectivity index (χ0) is 9.14. The summed E-state index contributed by atoms with van der Waals surface area (Å²) in [6.45, 7) is -3.02. The predicted octanol–water partition coefficient (Wildman–Crippen LogP) is 1.22. The maximum atomic E-state index is 12.7. The van der Waals surface area contributed by atoms with Gasteiger partial charge in [0.15, 0.2) is 11.6 Å². The first-order valence-electron chi connectivity index (χ1n) is 3.09. The van der Waals surface area contributed by atoms with Crippen LogP contribution in [0.4, 0.5) is 13.2 Å². The highest BCUT2D eigenvalue weighted by atomic mass is 19.3. The van der Waals surface area contributed by atoms with Gasteiger partial charge in [-0.2, -0.15) is 8.78 Å². The molecule has 1 nitrogen and oxygen atoms in total. The molecule has 1 rings (SSSR count). The SMILES string of the molecule is [B]c1ccc(OC(F)F)c(F)c1. The summed E-state index contributed by atoms with van der Waals surface area (Å²) in [5, 5.41) is 0. The van der Waals surface area contributed by atoms with Crippen LogP contribution in [0.1, 0.15) is 0 Å². The minimum absolute atomic E-state index is 0.161. The van der Waals surface area contributed by atoms with Crippen molar-refractivity contribution < 1.29 is 17.9 Å². The number of hydrogen-bond acceptors (Lipinski definition) is 1. The Morgan fingerprint density at radius 3 is 2.50 bits per heavy atom. The fourth-order valence-corrected chi connectivity index (χ4v) is 0.709. The van der Waals surface area contributed by atoms with E-state index in [2.05, 4.69) is 4.74 Å². The Morgan fingerprint density at radius 1 is 1.33 bits per heavy atom. The monoisotopic (exact) mass is 172 g/mol. The van der Waals surface area contributed by atoms with E-state index < -0.39 is 18.2 Å². The molecule has 1 aromatic carbocycles. The summed E-state index contributed by atoms with van der Waals surface area (Å²) < 4.78 is 39.7. The van der Waals surface area contributed by atoms with Crippen molar-refractivity contribution in [3.05, 3.63) is 24.0 Å². The second kappa shape index (κ2) is 3.52. The number of ether oxygens (including phenoxy) is 1. The first kappa shape index (κ1) is 8.97. The zero-order valence-corrected chi connectivity index (χ0v) is 5.93. The van der Waals surface area contributed by atoms with Gasteiger partial charge in [-0.25, -0.2) is 4.39 Å². The summed E-state index contributed by atoms with van der Waals surface area (Å²) in [7, 11) is 5.18. The first-order chi connectivity index (χ1) is 5.59. The zero-order valence-electron chi connectivity index (χ0n) is 5.93. The van der Waals surface area contributed by atoms with E-state index in [0.717, 1.165) is 12.1 Å². The summed E-state index contributed by atoms with van der Waals surface area (Å²) in [5.41, 5.74) is 0.161. The fraction of sp³-hybridized carbons (Fsp3) is 0.143. The lowest BCUT2D eigenvalue weighted by Gasteiger charge is -2.05. The molecule has 2 radical (unpaired) electrons. The fourth-order valence-electron chi connectivity index (χ4n) is 0.709. The van der Waals surface area contributed by atoms with E-state index in [1.54, 1.807) is 0 Å². The van der Waals surface area contributed by atoms with Crippen LogP contribution in [0.5, 0.6) is 5.75 Å². The van der Waals surface area contributed by atoms with Gasteiger partial charge in [0.25, 0.3) is 0 Å². The molecule has 0 aliphatic heterocycles. The summed E-state index contributed by atoms with van der Waals surface area (Å²) >= 11 is 0. The van der Waals surface area contributed by atoms with Gasteiger partial charge >= 0.3 is 6.61 Å². The average molecular weight is 172 g/mol. The van der Waals surface area contributed by atoms with Gasteiger partial charge in [0.2, 0.25) is 0 Å². The second-order valence-corrected chi connectivity index (χ2v) is 2.07. The third-order valence-corrected chi connectivity index (χ3v) is 1.17. The molecular weight excluding hydrogens is 168 g/mol. The van der Waals surface area contributed by atoms with Crippen LogP contribution in [-0.2, 0) is 0 Å². The van der Waals surface area contributed by atoms with Crippen molar-refractivity contribution in [2.75, 3.05) is 0 Å². The van der Waals surface area contributed by atoms with E-state index in [1.165, 1.54) is 6.07 Å². The molecule has 0 unspecified atom stereocenters. The van der Waals surface area contributed by atoms with Gasteiger partial charge in [-0.15, -0.1) is 0 Å². The van der Waals surface area contributed by atoms with Gasteiger partial charge in [0, 0.05) is 0 Å². The van der Waals surface area contributed by atoms with Gasteiger partial charge in [-0.3, -0.25) is 0 Å². The maximum absolute atomic E-state index is 12.7. The molecule has 0 aromatic heterocycles. The van der Waals surface area contributed by atoms with Crippen LogP contribution in [0.25, 0.3) is 0 Å². The average Bonchev–Trinajstić information content (AvgIpc) is 1.94. The van der Waals surface area contributed by atoms with Crippen molar-refractivity contribution in [3.63, 3.8) is 0 Å². The molecule has 5 heteroatoms. The van der Waals surface area contributed by atoms with Crippen molar-refractivity contribution in [1.29, 1.82) is 0 Å². The summed E-state index contributed by atoms with van der Waals surface area (Å²) in [6.07, 6.45) is 0. The van der Waals surface area contributed by atoms with Crippen molar-refractivity contribution in [3.8, 4) is 5.75 Å². The second-order valence-electron chi connectivity index (χ2n) is 2.07. The van der Waals surface area contributed by atoms with Gasteiger partial charge in [-0.1, -0.05) is 11.5 Å². The van der Waals surface area contributed by atoms with Crippen LogP contribution >= 0.6 is 0 Å². The molecule has 0 heterocycles. The molecular formula is C7H4BF3O. The van der Waals surface area contributed by atoms with Crippen LogP contribution in [0.2, 0.25) is 0 Å². The Morgan fingerprint density at radius 2 is 2.00 bits per heavy atom. The van der Waals surface area contributed by atoms with Gasteiger partial charge in [0.05, 0.1) is 0 Å². The Bertz CT molecular complexity index is 277. The Hall–Kier alpha value is -1.13. The number of alkyl halides is 2. The third-order valence-electron chi connectivity index (χ3n) is 1.17. The van der Waals surface area contributed by atoms with Crippen LogP contribution in [-0.4, -0.2) is 14.5 Å². The highest BCUT2D eigenvalue weighted by Crippen LogP contribution is 2.16. The predicted molar refractivity (Wildman–Crippen MR) is 38.4 cm³/mol. The molecule has 1 aromatic rings. The quantitative estimate of drug-likeness (QED) is 0.609. The smallest absolute Gasteiger partial charge is 0.387 e. The van der Waals surface area contributed by atoms with Crippen LogP contribution in [0, 0.1) is 5.82 Å². The minimum Gasteiger partial charge on any atom is -0.432 e. The normalized spacial score (nSPS) is 10.3. The standard InChI is InChI=1S/C7H4BF3O/c8-4-1-2-6(5(9)3-4)12-7(10)11/h1-3,7H. The molecule has 0 bridgehead atoms. The molecule has 0 fully saturated rings. The highest BCUT2D eigenvalue weighted by molar-refractivity contribution is 6.32. The number of hydrogen-bond donors (Lipinski definition) is 0. The molecule has 0 spiro atoms. The summed E-state index contributed by atoms with van der Waals surface area (Å²) in [6, 6.07) is 3.25. The number of benzene rings is 1. The highest BCUT2D eigenvalue weighted by Gasteiger charge is 2.08. The molecule has 62 valence electrons. The maximum Gasteiger partial charge on any atom is 0.387 e. The molecule has 0 N–H and O–H groups in total. The van der Waals surface area contributed by atoms with E-state index in [4.69, 9.17) is 7.85 Å². The lowest BCUT2D eigenvalue weighted by atomic mass is 9.96. The minimum atomic E-state index is -3.02. The molecule has 0 saturated heterocycles. The van der Waals surface area contributed by atoms with Gasteiger partial charge < -0.3 is 4.74 Å². The van der Waals surface area contributed by atoms with Crippen molar-refractivity contribution in [2.45, 2.75) is 6.61 Å². The van der Waals surface area contributed by atoms with Crippen LogP contribution < -0.4 is 10.2 Å². The van der Waals surface area contributed by atoms with Gasteiger partial charge in [-0.05, 0) is 12.1 Å². The van der Waals surface area contributed by atoms with E-state index in [-0.39, 0.29) is 5.46 Å². The van der Waals surface area contributed by atoms with Gasteiger partial charge in [0.1, 0.15) is 7.85 Å². The lowest BCUT2D eigenvalue weighted by Crippen LogP contribution is -2.07. The van der Waals surface area contributed by atoms with E-state index >= 15 is 0 Å². The van der Waals surface area contributed by atoms with Crippen molar-refractivity contribution in [1.82, 2.24) is 0 Å². The number of rotatable bonds is 2. The number of halogens is 3. The van der Waals surface area contributed by atoms with Crippen LogP contribution in [0.3, 0.4) is 0 Å². The Balaban J connectivity index is 2.86. The molecule has 0 saturated carbocycles. The molecule has 0 amide bonds. The topological polar surface area (TPSA) is 9.23 Å². The third kappa shape index (κ3) is 2.18. The van der Waals surface area contributed by atoms with Crippen molar-refractivity contribution >= 4 is 13.3 Å². The van der Waals surface area contributed by atoms with E-state index in [0.29, 0.717) is 0 Å². The molecule has 0 aliphatic rings. The Kier molecular flexibility index (Phi) is 2.63. The van der Waals surface area contributed by atoms with Crippen molar-refractivity contribution in [2.24, 2.45) is 0 Å². The molecule has 0 aliphatic carbocycles. The lowest BCUT2D eigenvalue weighted by molar-refractivity contribution is -0.0521. The van der Waals surface area contributed by atoms with E-state index in [1.807, 2.05) is 0 Å². The summed E-state index contributed by atoms with van der Waals surface area (Å²) in [5.74, 6) is -1.39. The first-order valence-corrected chi connectivity index (χ1v) is 3.09. The van der Waals surface area contributed by atoms with Crippen LogP contribution in [0.15, 0.2) is 18.2 Å². The summed E-state index contributed by atoms with van der Waals surface area (Å²) in [4.78, 5) is 0.